The van der Waals surface area contributed by atoms with E-state index >= 15 is 0 Å². The summed E-state index contributed by atoms with van der Waals surface area (Å²) in [6, 6.07) is 3.09. The number of anilines is 1. The number of nitrogens with two attached hydrogens (primary N) is 1. The van der Waals surface area contributed by atoms with Gasteiger partial charge in [0.2, 0.25) is 10.0 Å². The minimum Gasteiger partial charge on any atom is -0.398 e. The molecule has 118 valence electrons. The molecule has 2 N–H and O–H groups in total. The van der Waals surface area contributed by atoms with Crippen LogP contribution in [0.3, 0.4) is 0 Å². The van der Waals surface area contributed by atoms with Crippen molar-refractivity contribution in [3.63, 3.8) is 0 Å². The van der Waals surface area contributed by atoms with Crippen molar-refractivity contribution in [3.05, 3.63) is 22.7 Å². The zero-order chi connectivity index (χ0) is 15.8. The van der Waals surface area contributed by atoms with Crippen LogP contribution < -0.4 is 5.73 Å². The predicted octanol–water partition coefficient (Wildman–Crippen LogP) is 3.43. The van der Waals surface area contributed by atoms with Crippen LogP contribution in [-0.2, 0) is 10.0 Å². The van der Waals surface area contributed by atoms with Gasteiger partial charge in [-0.3, -0.25) is 0 Å². The van der Waals surface area contributed by atoms with Gasteiger partial charge in [-0.15, -0.1) is 0 Å². The summed E-state index contributed by atoms with van der Waals surface area (Å²) in [4.78, 5) is 0.232. The maximum absolute atomic E-state index is 12.9. The van der Waals surface area contributed by atoms with Crippen LogP contribution in [0.25, 0.3) is 0 Å². The molecule has 2 rings (SSSR count). The summed E-state index contributed by atoms with van der Waals surface area (Å²) < 4.78 is 27.4. The molecule has 1 aromatic rings. The fraction of sp³-hybridized carbons (Fsp3) is 0.600. The molecule has 0 spiro atoms. The van der Waals surface area contributed by atoms with Gasteiger partial charge in [0, 0.05) is 23.8 Å². The molecule has 1 fully saturated rings. The molecular weight excluding hydrogens is 308 g/mol. The van der Waals surface area contributed by atoms with Crippen molar-refractivity contribution < 1.29 is 8.42 Å². The van der Waals surface area contributed by atoms with Crippen molar-refractivity contribution in [3.8, 4) is 0 Å². The van der Waals surface area contributed by atoms with E-state index in [1.165, 1.54) is 6.07 Å². The number of benzene rings is 1. The molecule has 1 aliphatic heterocycles. The monoisotopic (exact) mass is 330 g/mol. The fourth-order valence-corrected chi connectivity index (χ4v) is 5.13. The number of halogens is 1. The van der Waals surface area contributed by atoms with Crippen molar-refractivity contribution >= 4 is 27.3 Å². The van der Waals surface area contributed by atoms with Gasteiger partial charge in [0.25, 0.3) is 0 Å². The molecule has 0 atom stereocenters. The van der Waals surface area contributed by atoms with Gasteiger partial charge >= 0.3 is 0 Å². The summed E-state index contributed by atoms with van der Waals surface area (Å²) in [6.07, 6.45) is 2.90. The zero-order valence-corrected chi connectivity index (χ0v) is 14.4. The van der Waals surface area contributed by atoms with E-state index in [1.807, 2.05) is 0 Å². The summed E-state index contributed by atoms with van der Waals surface area (Å²) >= 11 is 5.98. The third kappa shape index (κ3) is 2.91. The summed E-state index contributed by atoms with van der Waals surface area (Å²) in [5.41, 5.74) is 6.95. The number of nitrogens with zero attached hydrogens (tertiary/aromatic N) is 1. The zero-order valence-electron chi connectivity index (χ0n) is 12.8. The maximum Gasteiger partial charge on any atom is 0.243 e. The van der Waals surface area contributed by atoms with E-state index in [1.54, 1.807) is 17.3 Å². The first-order chi connectivity index (χ1) is 9.75. The topological polar surface area (TPSA) is 63.4 Å². The number of nitrogen functional groups attached to an aromatic ring is 1. The second-order valence-corrected chi connectivity index (χ2v) is 8.26. The minimum absolute atomic E-state index is 0.102. The van der Waals surface area contributed by atoms with Crippen molar-refractivity contribution in [1.82, 2.24) is 4.31 Å². The highest BCUT2D eigenvalue weighted by Gasteiger charge is 2.41. The van der Waals surface area contributed by atoms with Crippen LogP contribution in [0, 0.1) is 12.3 Å². The molecule has 0 unspecified atom stereocenters. The lowest BCUT2D eigenvalue weighted by Crippen LogP contribution is -2.32. The molecule has 0 aromatic heterocycles. The fourth-order valence-electron chi connectivity index (χ4n) is 3.01. The van der Waals surface area contributed by atoms with E-state index in [0.29, 0.717) is 29.4 Å². The molecule has 6 heteroatoms. The summed E-state index contributed by atoms with van der Waals surface area (Å²) in [6.45, 7) is 7.12. The third-order valence-electron chi connectivity index (χ3n) is 4.89. The van der Waals surface area contributed by atoms with Crippen molar-refractivity contribution in [2.75, 3.05) is 18.8 Å². The normalized spacial score (nSPS) is 19.0. The summed E-state index contributed by atoms with van der Waals surface area (Å²) in [5.74, 6) is 0. The van der Waals surface area contributed by atoms with E-state index in [2.05, 4.69) is 13.8 Å². The molecule has 1 saturated heterocycles. The number of sulfonamides is 1. The molecule has 0 amide bonds. The Morgan fingerprint density at radius 3 is 2.48 bits per heavy atom. The van der Waals surface area contributed by atoms with Gasteiger partial charge in [-0.1, -0.05) is 25.4 Å². The molecule has 1 heterocycles. The molecule has 1 aliphatic rings. The van der Waals surface area contributed by atoms with Gasteiger partial charge in [0.15, 0.2) is 0 Å². The maximum atomic E-state index is 12.9. The summed E-state index contributed by atoms with van der Waals surface area (Å²) in [5, 5.41) is 0.355. The molecule has 0 saturated carbocycles. The standard InChI is InChI=1S/C15H23ClN2O2S/c1-4-15(5-2)6-7-18(10-15)21(19,20)14-9-12(16)8-13(17)11(14)3/h8-9H,4-7,10,17H2,1-3H3. The van der Waals surface area contributed by atoms with Crippen molar-refractivity contribution in [1.29, 1.82) is 0 Å². The number of rotatable bonds is 4. The quantitative estimate of drug-likeness (QED) is 0.860. The van der Waals surface area contributed by atoms with Gasteiger partial charge in [-0.2, -0.15) is 4.31 Å². The molecule has 21 heavy (non-hydrogen) atoms. The molecular formula is C15H23ClN2O2S. The van der Waals surface area contributed by atoms with Crippen LogP contribution >= 0.6 is 11.6 Å². The van der Waals surface area contributed by atoms with Gasteiger partial charge in [0.05, 0.1) is 4.90 Å². The van der Waals surface area contributed by atoms with Gasteiger partial charge < -0.3 is 5.73 Å². The van der Waals surface area contributed by atoms with Crippen molar-refractivity contribution in [2.45, 2.75) is 44.9 Å². The van der Waals surface area contributed by atoms with Gasteiger partial charge in [-0.25, -0.2) is 8.42 Å². The number of hydrogen-bond acceptors (Lipinski definition) is 3. The van der Waals surface area contributed by atoms with E-state index in [0.717, 1.165) is 19.3 Å². The minimum atomic E-state index is -3.54. The van der Waals surface area contributed by atoms with Crippen LogP contribution in [0.15, 0.2) is 17.0 Å². The lowest BCUT2D eigenvalue weighted by Gasteiger charge is -2.26. The Morgan fingerprint density at radius 2 is 1.95 bits per heavy atom. The van der Waals surface area contributed by atoms with E-state index < -0.39 is 10.0 Å². The highest BCUT2D eigenvalue weighted by molar-refractivity contribution is 7.89. The van der Waals surface area contributed by atoms with Crippen molar-refractivity contribution in [2.24, 2.45) is 5.41 Å². The van der Waals surface area contributed by atoms with Gasteiger partial charge in [0.1, 0.15) is 0 Å². The average Bonchev–Trinajstić information content (AvgIpc) is 2.88. The average molecular weight is 331 g/mol. The predicted molar refractivity (Wildman–Crippen MR) is 87.0 cm³/mol. The highest BCUT2D eigenvalue weighted by Crippen LogP contribution is 2.40. The van der Waals surface area contributed by atoms with Crippen LogP contribution in [0.5, 0.6) is 0 Å². The first-order valence-electron chi connectivity index (χ1n) is 7.31. The Balaban J connectivity index is 2.41. The van der Waals surface area contributed by atoms with Crippen LogP contribution in [0.1, 0.15) is 38.7 Å². The lowest BCUT2D eigenvalue weighted by molar-refractivity contribution is 0.279. The molecule has 1 aromatic carbocycles. The lowest BCUT2D eigenvalue weighted by atomic mass is 9.82. The second-order valence-electron chi connectivity index (χ2n) is 5.91. The Labute approximate surface area is 132 Å². The number of hydrogen-bond donors (Lipinski definition) is 1. The van der Waals surface area contributed by atoms with Crippen LogP contribution in [-0.4, -0.2) is 25.8 Å². The Kier molecular flexibility index (Phi) is 4.57. The first-order valence-corrected chi connectivity index (χ1v) is 9.13. The van der Waals surface area contributed by atoms with Crippen LogP contribution in [0.2, 0.25) is 5.02 Å². The Morgan fingerprint density at radius 1 is 1.33 bits per heavy atom. The molecule has 0 bridgehead atoms. The van der Waals surface area contributed by atoms with E-state index in [4.69, 9.17) is 17.3 Å². The Bertz CT molecular complexity index is 639. The molecule has 4 nitrogen and oxygen atoms in total. The van der Waals surface area contributed by atoms with Gasteiger partial charge in [-0.05, 0) is 49.3 Å². The van der Waals surface area contributed by atoms with E-state index in [9.17, 15) is 8.42 Å². The van der Waals surface area contributed by atoms with Crippen LogP contribution in [0.4, 0.5) is 5.69 Å². The Hall–Kier alpha value is -0.780. The SMILES string of the molecule is CCC1(CC)CCN(S(=O)(=O)c2cc(Cl)cc(N)c2C)C1. The summed E-state index contributed by atoms with van der Waals surface area (Å²) in [7, 11) is -3.54. The van der Waals surface area contributed by atoms with E-state index in [-0.39, 0.29) is 10.3 Å². The third-order valence-corrected chi connectivity index (χ3v) is 7.08. The first kappa shape index (κ1) is 16.6. The molecule has 0 radical (unpaired) electrons. The molecule has 0 aliphatic carbocycles. The largest absolute Gasteiger partial charge is 0.398 e. The second kappa shape index (κ2) is 5.78. The smallest absolute Gasteiger partial charge is 0.243 e. The highest BCUT2D eigenvalue weighted by atomic mass is 35.5.